The van der Waals surface area contributed by atoms with Gasteiger partial charge in [0.1, 0.15) is 0 Å². The van der Waals surface area contributed by atoms with Crippen molar-refractivity contribution in [1.82, 2.24) is 9.97 Å². The molecular weight excluding hydrogens is 340 g/mol. The number of hydrogen-bond acceptors (Lipinski definition) is 2. The third-order valence-electron chi connectivity index (χ3n) is 6.51. The van der Waals surface area contributed by atoms with Crippen LogP contribution in [0.3, 0.4) is 0 Å². The Hall–Kier alpha value is -1.70. The zero-order chi connectivity index (χ0) is 19.6. The summed E-state index contributed by atoms with van der Waals surface area (Å²) in [6.07, 6.45) is 20.2. The van der Waals surface area contributed by atoms with Crippen LogP contribution in [0.25, 0.3) is 11.4 Å². The number of unbranched alkanes of at least 4 members (excludes halogenated alkanes) is 2. The molecule has 1 fully saturated rings. The molecule has 2 aromatic rings. The number of benzene rings is 1. The van der Waals surface area contributed by atoms with E-state index in [1.165, 1.54) is 75.3 Å². The molecule has 152 valence electrons. The largest absolute Gasteiger partial charge is 0.236 e. The molecule has 2 nitrogen and oxygen atoms in total. The summed E-state index contributed by atoms with van der Waals surface area (Å²) in [5, 5.41) is 0. The molecule has 0 bridgehead atoms. The topological polar surface area (TPSA) is 25.8 Å². The van der Waals surface area contributed by atoms with Crippen LogP contribution in [0.4, 0.5) is 0 Å². The molecule has 0 aliphatic heterocycles. The summed E-state index contributed by atoms with van der Waals surface area (Å²) in [4.78, 5) is 9.28. The van der Waals surface area contributed by atoms with E-state index in [2.05, 4.69) is 48.1 Å². The third-order valence-corrected chi connectivity index (χ3v) is 6.51. The lowest BCUT2D eigenvalue weighted by Gasteiger charge is -2.28. The van der Waals surface area contributed by atoms with Gasteiger partial charge in [-0.05, 0) is 48.6 Å². The predicted molar refractivity (Wildman–Crippen MR) is 119 cm³/mol. The van der Waals surface area contributed by atoms with Gasteiger partial charge in [-0.25, -0.2) is 9.97 Å². The zero-order valence-electron chi connectivity index (χ0n) is 18.0. The molecule has 1 heterocycles. The average molecular weight is 379 g/mol. The van der Waals surface area contributed by atoms with Gasteiger partial charge in [-0.1, -0.05) is 89.5 Å². The first kappa shape index (κ1) is 21.0. The van der Waals surface area contributed by atoms with Crippen molar-refractivity contribution in [2.45, 2.75) is 90.9 Å². The Kier molecular flexibility index (Phi) is 8.51. The second-order valence-electron chi connectivity index (χ2n) is 8.78. The van der Waals surface area contributed by atoms with Crippen molar-refractivity contribution in [1.29, 1.82) is 0 Å². The Bertz CT molecular complexity index is 667. The molecule has 0 radical (unpaired) electrons. The molecule has 0 amide bonds. The quantitative estimate of drug-likeness (QED) is 0.430. The molecular formula is C26H38N2. The van der Waals surface area contributed by atoms with Crippen molar-refractivity contribution in [3.63, 3.8) is 0 Å². The van der Waals surface area contributed by atoms with E-state index in [4.69, 9.17) is 0 Å². The molecule has 2 heteroatoms. The molecule has 0 spiro atoms. The first-order valence-corrected chi connectivity index (χ1v) is 11.7. The van der Waals surface area contributed by atoms with E-state index >= 15 is 0 Å². The van der Waals surface area contributed by atoms with Crippen LogP contribution in [0, 0.1) is 11.8 Å². The van der Waals surface area contributed by atoms with E-state index in [9.17, 15) is 0 Å². The second-order valence-corrected chi connectivity index (χ2v) is 8.78. The van der Waals surface area contributed by atoms with E-state index in [1.807, 2.05) is 12.4 Å². The highest BCUT2D eigenvalue weighted by Crippen LogP contribution is 2.34. The molecule has 1 saturated carbocycles. The van der Waals surface area contributed by atoms with Crippen LogP contribution in [0.1, 0.15) is 89.2 Å². The number of aryl methyl sites for hydroxylation is 2. The zero-order valence-corrected chi connectivity index (χ0v) is 18.0. The van der Waals surface area contributed by atoms with Gasteiger partial charge in [0.2, 0.25) is 0 Å². The third kappa shape index (κ3) is 6.43. The van der Waals surface area contributed by atoms with Crippen LogP contribution in [0.5, 0.6) is 0 Å². The summed E-state index contributed by atoms with van der Waals surface area (Å²) in [7, 11) is 0. The van der Waals surface area contributed by atoms with Gasteiger partial charge in [-0.15, -0.1) is 0 Å². The van der Waals surface area contributed by atoms with Crippen LogP contribution in [-0.4, -0.2) is 9.97 Å². The lowest BCUT2D eigenvalue weighted by Crippen LogP contribution is -2.15. The van der Waals surface area contributed by atoms with Gasteiger partial charge in [0.15, 0.2) is 5.82 Å². The summed E-state index contributed by atoms with van der Waals surface area (Å²) < 4.78 is 0. The SMILES string of the molecule is CCCCc1ccc(-c2ncc(CC[C@H]3CC[C@H](CCCC)CC3)cn2)cc1. The number of aromatic nitrogens is 2. The highest BCUT2D eigenvalue weighted by Gasteiger charge is 2.20. The van der Waals surface area contributed by atoms with Gasteiger partial charge in [-0.2, -0.15) is 0 Å². The highest BCUT2D eigenvalue weighted by molar-refractivity contribution is 5.55. The fourth-order valence-electron chi connectivity index (χ4n) is 4.51. The van der Waals surface area contributed by atoms with E-state index in [1.54, 1.807) is 0 Å². The summed E-state index contributed by atoms with van der Waals surface area (Å²) in [5.41, 5.74) is 3.82. The maximum absolute atomic E-state index is 4.64. The average Bonchev–Trinajstić information content (AvgIpc) is 2.76. The maximum atomic E-state index is 4.64. The number of rotatable bonds is 10. The fourth-order valence-corrected chi connectivity index (χ4v) is 4.51. The molecule has 1 aliphatic carbocycles. The Morgan fingerprint density at radius 3 is 1.93 bits per heavy atom. The molecule has 28 heavy (non-hydrogen) atoms. The van der Waals surface area contributed by atoms with Gasteiger partial charge >= 0.3 is 0 Å². The number of hydrogen-bond donors (Lipinski definition) is 0. The lowest BCUT2D eigenvalue weighted by atomic mass is 9.78. The smallest absolute Gasteiger partial charge is 0.159 e. The van der Waals surface area contributed by atoms with Crippen molar-refractivity contribution < 1.29 is 0 Å². The Morgan fingerprint density at radius 2 is 1.32 bits per heavy atom. The Balaban J connectivity index is 1.44. The molecule has 0 atom stereocenters. The van der Waals surface area contributed by atoms with Gasteiger partial charge < -0.3 is 0 Å². The van der Waals surface area contributed by atoms with Crippen LogP contribution in [0.2, 0.25) is 0 Å². The van der Waals surface area contributed by atoms with Gasteiger partial charge in [0.05, 0.1) is 0 Å². The molecule has 0 unspecified atom stereocenters. The predicted octanol–water partition coefficient (Wildman–Crippen LogP) is 7.42. The van der Waals surface area contributed by atoms with Crippen molar-refractivity contribution in [2.24, 2.45) is 11.8 Å². The summed E-state index contributed by atoms with van der Waals surface area (Å²) in [6, 6.07) is 8.77. The van der Waals surface area contributed by atoms with Crippen LogP contribution in [-0.2, 0) is 12.8 Å². The van der Waals surface area contributed by atoms with Crippen molar-refractivity contribution in [3.8, 4) is 11.4 Å². The molecule has 1 aliphatic rings. The summed E-state index contributed by atoms with van der Waals surface area (Å²) >= 11 is 0. The highest BCUT2D eigenvalue weighted by atomic mass is 14.9. The van der Waals surface area contributed by atoms with Crippen molar-refractivity contribution in [3.05, 3.63) is 47.8 Å². The van der Waals surface area contributed by atoms with Gasteiger partial charge in [0, 0.05) is 18.0 Å². The van der Waals surface area contributed by atoms with Crippen LogP contribution in [0.15, 0.2) is 36.7 Å². The lowest BCUT2D eigenvalue weighted by molar-refractivity contribution is 0.250. The molecule has 1 aromatic carbocycles. The minimum Gasteiger partial charge on any atom is -0.236 e. The van der Waals surface area contributed by atoms with Gasteiger partial charge in [-0.3, -0.25) is 0 Å². The minimum absolute atomic E-state index is 0.849. The van der Waals surface area contributed by atoms with E-state index < -0.39 is 0 Å². The van der Waals surface area contributed by atoms with Crippen LogP contribution < -0.4 is 0 Å². The minimum atomic E-state index is 0.849. The standard InChI is InChI=1S/C26H38N2/c1-3-5-7-21-9-11-23(12-10-21)13-14-24-19-27-26(28-20-24)25-17-15-22(16-18-25)8-6-4-2/h15-21,23H,3-14H2,1-2H3/t21-,23-. The van der Waals surface area contributed by atoms with E-state index in [0.29, 0.717) is 0 Å². The Morgan fingerprint density at radius 1 is 0.714 bits per heavy atom. The molecule has 0 N–H and O–H groups in total. The Labute approximate surface area is 172 Å². The second kappa shape index (κ2) is 11.3. The van der Waals surface area contributed by atoms with E-state index in [-0.39, 0.29) is 0 Å². The molecule has 1 aromatic heterocycles. The molecule has 0 saturated heterocycles. The van der Waals surface area contributed by atoms with Crippen LogP contribution >= 0.6 is 0 Å². The van der Waals surface area contributed by atoms with Crippen molar-refractivity contribution >= 4 is 0 Å². The van der Waals surface area contributed by atoms with E-state index in [0.717, 1.165) is 36.1 Å². The fraction of sp³-hybridized carbons (Fsp3) is 0.615. The first-order chi connectivity index (χ1) is 13.8. The monoisotopic (exact) mass is 378 g/mol. The van der Waals surface area contributed by atoms with Gasteiger partial charge in [0.25, 0.3) is 0 Å². The molecule has 3 rings (SSSR count). The number of nitrogens with zero attached hydrogens (tertiary/aromatic N) is 2. The summed E-state index contributed by atoms with van der Waals surface area (Å²) in [5.74, 6) is 2.77. The van der Waals surface area contributed by atoms with Crippen molar-refractivity contribution in [2.75, 3.05) is 0 Å². The normalized spacial score (nSPS) is 19.6. The maximum Gasteiger partial charge on any atom is 0.159 e. The summed E-state index contributed by atoms with van der Waals surface area (Å²) in [6.45, 7) is 4.55. The first-order valence-electron chi connectivity index (χ1n) is 11.7.